The van der Waals surface area contributed by atoms with Gasteiger partial charge in [0.15, 0.2) is 5.82 Å². The van der Waals surface area contributed by atoms with Gasteiger partial charge in [-0.1, -0.05) is 19.1 Å². The highest BCUT2D eigenvalue weighted by atomic mass is 32.2. The van der Waals surface area contributed by atoms with Crippen molar-refractivity contribution in [3.63, 3.8) is 0 Å². The van der Waals surface area contributed by atoms with Crippen molar-refractivity contribution in [3.8, 4) is 17.4 Å². The third kappa shape index (κ3) is 4.78. The first-order valence-corrected chi connectivity index (χ1v) is 11.6. The van der Waals surface area contributed by atoms with Crippen molar-refractivity contribution in [2.45, 2.75) is 32.1 Å². The van der Waals surface area contributed by atoms with Crippen LogP contribution in [-0.4, -0.2) is 28.2 Å². The van der Waals surface area contributed by atoms with Crippen molar-refractivity contribution in [3.05, 3.63) is 83.9 Å². The van der Waals surface area contributed by atoms with E-state index >= 15 is 0 Å². The smallest absolute Gasteiger partial charge is 0.261 e. The Morgan fingerprint density at radius 3 is 2.31 bits per heavy atom. The van der Waals surface area contributed by atoms with Gasteiger partial charge in [-0.15, -0.1) is 0 Å². The number of hydrogen-bond donors (Lipinski definition) is 1. The second kappa shape index (κ2) is 8.80. The average Bonchev–Trinajstić information content (AvgIpc) is 3.13. The highest BCUT2D eigenvalue weighted by Gasteiger charge is 2.14. The standard InChI is InChI=1S/C23H23N5O3S/c1-4-18-5-11-21(12-6-18)32(29,30)27-19-7-9-20(10-8-19)31-23-14-22(24-15-25-23)28-17(3)13-16(2)26-28/h5-15,27H,4H2,1-3H3. The van der Waals surface area contributed by atoms with E-state index in [4.69, 9.17) is 4.74 Å². The Hall–Kier alpha value is -3.72. The van der Waals surface area contributed by atoms with Gasteiger partial charge in [-0.2, -0.15) is 5.10 Å². The number of nitrogens with one attached hydrogen (secondary N) is 1. The van der Waals surface area contributed by atoms with Gasteiger partial charge < -0.3 is 4.74 Å². The molecule has 0 aliphatic rings. The number of rotatable bonds is 7. The highest BCUT2D eigenvalue weighted by Crippen LogP contribution is 2.24. The van der Waals surface area contributed by atoms with Crippen molar-refractivity contribution in [2.75, 3.05) is 4.72 Å². The number of aryl methyl sites for hydroxylation is 3. The number of nitrogens with zero attached hydrogens (tertiary/aromatic N) is 4. The molecule has 0 atom stereocenters. The Bertz CT molecular complexity index is 1330. The summed E-state index contributed by atoms with van der Waals surface area (Å²) in [5.41, 5.74) is 3.36. The molecule has 0 bridgehead atoms. The number of benzene rings is 2. The average molecular weight is 450 g/mol. The lowest BCUT2D eigenvalue weighted by molar-refractivity contribution is 0.460. The predicted molar refractivity (Wildman–Crippen MR) is 122 cm³/mol. The van der Waals surface area contributed by atoms with E-state index in [1.807, 2.05) is 39.0 Å². The summed E-state index contributed by atoms with van der Waals surface area (Å²) in [5, 5.41) is 4.41. The Morgan fingerprint density at radius 1 is 0.969 bits per heavy atom. The topological polar surface area (TPSA) is 99.0 Å². The third-order valence-electron chi connectivity index (χ3n) is 4.83. The van der Waals surface area contributed by atoms with Gasteiger partial charge in [0, 0.05) is 17.4 Å². The molecule has 164 valence electrons. The fourth-order valence-electron chi connectivity index (χ4n) is 3.19. The van der Waals surface area contributed by atoms with Crippen LogP contribution in [0.25, 0.3) is 5.82 Å². The van der Waals surface area contributed by atoms with E-state index in [9.17, 15) is 8.42 Å². The maximum atomic E-state index is 12.6. The minimum Gasteiger partial charge on any atom is -0.439 e. The lowest BCUT2D eigenvalue weighted by Crippen LogP contribution is -2.12. The molecule has 2 heterocycles. The van der Waals surface area contributed by atoms with Gasteiger partial charge >= 0.3 is 0 Å². The molecule has 4 rings (SSSR count). The van der Waals surface area contributed by atoms with Crippen LogP contribution in [0.4, 0.5) is 5.69 Å². The second-order valence-electron chi connectivity index (χ2n) is 7.28. The molecule has 0 fully saturated rings. The summed E-state index contributed by atoms with van der Waals surface area (Å²) in [4.78, 5) is 8.61. The number of aromatic nitrogens is 4. The van der Waals surface area contributed by atoms with Crippen molar-refractivity contribution < 1.29 is 13.2 Å². The summed E-state index contributed by atoms with van der Waals surface area (Å²) in [6, 6.07) is 17.1. The zero-order valence-corrected chi connectivity index (χ0v) is 18.8. The molecular weight excluding hydrogens is 426 g/mol. The number of sulfonamides is 1. The van der Waals surface area contributed by atoms with Gasteiger partial charge in [0.2, 0.25) is 5.88 Å². The Kier molecular flexibility index (Phi) is 5.91. The monoisotopic (exact) mass is 449 g/mol. The molecule has 4 aromatic rings. The number of ether oxygens (including phenoxy) is 1. The first kappa shape index (κ1) is 21.5. The zero-order chi connectivity index (χ0) is 22.7. The summed E-state index contributed by atoms with van der Waals surface area (Å²) in [5.74, 6) is 1.46. The maximum Gasteiger partial charge on any atom is 0.261 e. The molecule has 2 aromatic heterocycles. The Morgan fingerprint density at radius 2 is 1.69 bits per heavy atom. The third-order valence-corrected chi connectivity index (χ3v) is 6.22. The molecular formula is C23H23N5O3S. The molecule has 0 amide bonds. The molecule has 0 unspecified atom stereocenters. The lowest BCUT2D eigenvalue weighted by Gasteiger charge is -2.10. The van der Waals surface area contributed by atoms with E-state index < -0.39 is 10.0 Å². The molecule has 0 saturated carbocycles. The van der Waals surface area contributed by atoms with Gasteiger partial charge in [0.25, 0.3) is 10.0 Å². The molecule has 0 aliphatic heterocycles. The van der Waals surface area contributed by atoms with Crippen LogP contribution in [0.15, 0.2) is 71.9 Å². The van der Waals surface area contributed by atoms with E-state index in [-0.39, 0.29) is 4.90 Å². The molecule has 0 spiro atoms. The highest BCUT2D eigenvalue weighted by molar-refractivity contribution is 7.92. The Labute approximate surface area is 187 Å². The van der Waals surface area contributed by atoms with E-state index in [0.29, 0.717) is 23.1 Å². The summed E-state index contributed by atoms with van der Waals surface area (Å²) in [6.07, 6.45) is 2.26. The Balaban J connectivity index is 1.47. The number of hydrogen-bond acceptors (Lipinski definition) is 6. The molecule has 9 heteroatoms. The zero-order valence-electron chi connectivity index (χ0n) is 18.0. The summed E-state index contributed by atoms with van der Waals surface area (Å²) in [6.45, 7) is 5.88. The minimum atomic E-state index is -3.67. The quantitative estimate of drug-likeness (QED) is 0.448. The van der Waals surface area contributed by atoms with Crippen molar-refractivity contribution in [1.29, 1.82) is 0 Å². The molecule has 0 radical (unpaired) electrons. The normalized spacial score (nSPS) is 11.3. The van der Waals surface area contributed by atoms with Crippen LogP contribution in [0.1, 0.15) is 23.9 Å². The van der Waals surface area contributed by atoms with Crippen LogP contribution in [0.2, 0.25) is 0 Å². The van der Waals surface area contributed by atoms with Gasteiger partial charge in [-0.25, -0.2) is 23.1 Å². The van der Waals surface area contributed by atoms with Gasteiger partial charge in [0.05, 0.1) is 10.6 Å². The molecule has 0 saturated heterocycles. The summed E-state index contributed by atoms with van der Waals surface area (Å²) < 4.78 is 35.3. The molecule has 8 nitrogen and oxygen atoms in total. The van der Waals surface area contributed by atoms with E-state index in [1.165, 1.54) is 6.33 Å². The van der Waals surface area contributed by atoms with Crippen molar-refractivity contribution in [1.82, 2.24) is 19.7 Å². The molecule has 2 aromatic carbocycles. The lowest BCUT2D eigenvalue weighted by atomic mass is 10.2. The van der Waals surface area contributed by atoms with Gasteiger partial charge in [0.1, 0.15) is 12.1 Å². The van der Waals surface area contributed by atoms with Crippen LogP contribution in [-0.2, 0) is 16.4 Å². The van der Waals surface area contributed by atoms with Crippen LogP contribution in [0.5, 0.6) is 11.6 Å². The van der Waals surface area contributed by atoms with Crippen molar-refractivity contribution in [2.24, 2.45) is 0 Å². The van der Waals surface area contributed by atoms with E-state index in [0.717, 1.165) is 23.4 Å². The van der Waals surface area contributed by atoms with E-state index in [1.54, 1.807) is 47.1 Å². The number of anilines is 1. The van der Waals surface area contributed by atoms with Crippen LogP contribution in [0, 0.1) is 13.8 Å². The fraction of sp³-hybridized carbons (Fsp3) is 0.174. The van der Waals surface area contributed by atoms with Crippen LogP contribution < -0.4 is 9.46 Å². The maximum absolute atomic E-state index is 12.6. The molecule has 1 N–H and O–H groups in total. The van der Waals surface area contributed by atoms with E-state index in [2.05, 4.69) is 19.8 Å². The van der Waals surface area contributed by atoms with Gasteiger partial charge in [-0.3, -0.25) is 4.72 Å². The summed E-state index contributed by atoms with van der Waals surface area (Å²) in [7, 11) is -3.67. The van der Waals surface area contributed by atoms with Crippen molar-refractivity contribution >= 4 is 15.7 Å². The molecule has 0 aliphatic carbocycles. The predicted octanol–water partition coefficient (Wildman–Crippen LogP) is 4.43. The first-order valence-electron chi connectivity index (χ1n) is 10.1. The fourth-order valence-corrected chi connectivity index (χ4v) is 4.25. The minimum absolute atomic E-state index is 0.215. The SMILES string of the molecule is CCc1ccc(S(=O)(=O)Nc2ccc(Oc3cc(-n4nc(C)cc4C)ncn3)cc2)cc1. The summed E-state index contributed by atoms with van der Waals surface area (Å²) >= 11 is 0. The first-order chi connectivity index (χ1) is 15.3. The largest absolute Gasteiger partial charge is 0.439 e. The van der Waals surface area contributed by atoms with Crippen LogP contribution in [0.3, 0.4) is 0 Å². The van der Waals surface area contributed by atoms with Crippen LogP contribution >= 0.6 is 0 Å². The van der Waals surface area contributed by atoms with Gasteiger partial charge in [-0.05, 0) is 68.3 Å². The molecule has 32 heavy (non-hydrogen) atoms. The second-order valence-corrected chi connectivity index (χ2v) is 8.97.